The molecule has 0 bridgehead atoms. The van der Waals surface area contributed by atoms with Crippen molar-refractivity contribution in [2.75, 3.05) is 18.2 Å². The van der Waals surface area contributed by atoms with E-state index < -0.39 is 0 Å². The SMILES string of the molecule is COCc1nc(N)cc(NC(C2CC2)C2CC2)n1. The maximum atomic E-state index is 5.80. The third-order valence-electron chi connectivity index (χ3n) is 3.64. The highest BCUT2D eigenvalue weighted by Gasteiger charge is 2.41. The molecule has 5 nitrogen and oxygen atoms in total. The fourth-order valence-electron chi connectivity index (χ4n) is 2.49. The Morgan fingerprint density at radius 3 is 2.56 bits per heavy atom. The Hall–Kier alpha value is -1.36. The summed E-state index contributed by atoms with van der Waals surface area (Å²) in [7, 11) is 1.64. The number of hydrogen-bond donors (Lipinski definition) is 2. The predicted molar refractivity (Wildman–Crippen MR) is 70.0 cm³/mol. The first-order valence-electron chi connectivity index (χ1n) is 6.65. The lowest BCUT2D eigenvalue weighted by atomic mass is 10.1. The average molecular weight is 248 g/mol. The first-order chi connectivity index (χ1) is 8.76. The van der Waals surface area contributed by atoms with Crippen LogP contribution in [0.2, 0.25) is 0 Å². The van der Waals surface area contributed by atoms with Gasteiger partial charge in [-0.15, -0.1) is 0 Å². The number of aromatic nitrogens is 2. The van der Waals surface area contributed by atoms with E-state index in [9.17, 15) is 0 Å². The molecule has 1 aromatic heterocycles. The van der Waals surface area contributed by atoms with Crippen molar-refractivity contribution in [1.29, 1.82) is 0 Å². The number of nitrogen functional groups attached to an aromatic ring is 1. The van der Waals surface area contributed by atoms with Crippen LogP contribution in [0.4, 0.5) is 11.6 Å². The van der Waals surface area contributed by atoms with Crippen LogP contribution in [-0.4, -0.2) is 23.1 Å². The van der Waals surface area contributed by atoms with Crippen molar-refractivity contribution in [2.45, 2.75) is 38.3 Å². The van der Waals surface area contributed by atoms with E-state index >= 15 is 0 Å². The molecule has 3 N–H and O–H groups in total. The van der Waals surface area contributed by atoms with E-state index in [1.807, 2.05) is 6.07 Å². The molecule has 1 heterocycles. The minimum atomic E-state index is 0.400. The molecule has 3 rings (SSSR count). The van der Waals surface area contributed by atoms with Crippen LogP contribution < -0.4 is 11.1 Å². The molecule has 2 aliphatic carbocycles. The third-order valence-corrected chi connectivity index (χ3v) is 3.64. The van der Waals surface area contributed by atoms with E-state index in [2.05, 4.69) is 15.3 Å². The molecule has 2 saturated carbocycles. The second kappa shape index (κ2) is 4.72. The topological polar surface area (TPSA) is 73.1 Å². The number of nitrogens with two attached hydrogens (primary N) is 1. The zero-order chi connectivity index (χ0) is 12.5. The second-order valence-electron chi connectivity index (χ2n) is 5.37. The van der Waals surface area contributed by atoms with Crippen molar-refractivity contribution < 1.29 is 4.74 Å². The summed E-state index contributed by atoms with van der Waals surface area (Å²) in [5.74, 6) is 3.66. The Morgan fingerprint density at radius 1 is 1.33 bits per heavy atom. The average Bonchev–Trinajstić information content (AvgIpc) is 3.18. The van der Waals surface area contributed by atoms with Crippen LogP contribution >= 0.6 is 0 Å². The molecule has 0 unspecified atom stereocenters. The summed E-state index contributed by atoms with van der Waals surface area (Å²) in [4.78, 5) is 8.61. The van der Waals surface area contributed by atoms with Gasteiger partial charge in [-0.1, -0.05) is 0 Å². The van der Waals surface area contributed by atoms with Crippen LogP contribution in [0.3, 0.4) is 0 Å². The molecule has 0 aromatic carbocycles. The highest BCUT2D eigenvalue weighted by Crippen LogP contribution is 2.45. The van der Waals surface area contributed by atoms with Crippen LogP contribution in [-0.2, 0) is 11.3 Å². The smallest absolute Gasteiger partial charge is 0.158 e. The Kier molecular flexibility index (Phi) is 3.07. The molecule has 1 aromatic rings. The number of nitrogens with zero attached hydrogens (tertiary/aromatic N) is 2. The third kappa shape index (κ3) is 2.72. The largest absolute Gasteiger partial charge is 0.384 e. The monoisotopic (exact) mass is 248 g/mol. The van der Waals surface area contributed by atoms with Gasteiger partial charge in [0.2, 0.25) is 0 Å². The highest BCUT2D eigenvalue weighted by molar-refractivity contribution is 5.45. The number of ether oxygens (including phenoxy) is 1. The van der Waals surface area contributed by atoms with Crippen LogP contribution in [0.15, 0.2) is 6.07 Å². The Morgan fingerprint density at radius 2 is 2.00 bits per heavy atom. The van der Waals surface area contributed by atoms with Gasteiger partial charge in [0, 0.05) is 19.2 Å². The van der Waals surface area contributed by atoms with Gasteiger partial charge in [0.25, 0.3) is 0 Å². The van der Waals surface area contributed by atoms with E-state index in [1.54, 1.807) is 7.11 Å². The predicted octanol–water partition coefficient (Wildman–Crippen LogP) is 1.81. The minimum absolute atomic E-state index is 0.400. The van der Waals surface area contributed by atoms with E-state index in [1.165, 1.54) is 25.7 Å². The summed E-state index contributed by atoms with van der Waals surface area (Å²) in [5, 5.41) is 3.56. The lowest BCUT2D eigenvalue weighted by Crippen LogP contribution is -2.25. The van der Waals surface area contributed by atoms with Gasteiger partial charge in [0.15, 0.2) is 5.82 Å². The summed E-state index contributed by atoms with van der Waals surface area (Å²) in [6, 6.07) is 2.39. The molecule has 5 heteroatoms. The molecular weight excluding hydrogens is 228 g/mol. The van der Waals surface area contributed by atoms with Gasteiger partial charge in [-0.25, -0.2) is 9.97 Å². The fourth-order valence-corrected chi connectivity index (χ4v) is 2.49. The van der Waals surface area contributed by atoms with Crippen molar-refractivity contribution in [3.63, 3.8) is 0 Å². The quantitative estimate of drug-likeness (QED) is 0.803. The van der Waals surface area contributed by atoms with Gasteiger partial charge >= 0.3 is 0 Å². The molecule has 2 aliphatic rings. The van der Waals surface area contributed by atoms with Crippen LogP contribution in [0.25, 0.3) is 0 Å². The minimum Gasteiger partial charge on any atom is -0.384 e. The van der Waals surface area contributed by atoms with E-state index in [0.29, 0.717) is 24.3 Å². The maximum Gasteiger partial charge on any atom is 0.158 e. The van der Waals surface area contributed by atoms with Crippen molar-refractivity contribution in [3.8, 4) is 0 Å². The summed E-state index contributed by atoms with van der Waals surface area (Å²) in [6.45, 7) is 0.400. The number of nitrogens with one attached hydrogen (secondary N) is 1. The molecular formula is C13H20N4O. The van der Waals surface area contributed by atoms with Gasteiger partial charge < -0.3 is 15.8 Å². The molecule has 0 spiro atoms. The van der Waals surface area contributed by atoms with Crippen molar-refractivity contribution >= 4 is 11.6 Å². The summed E-state index contributed by atoms with van der Waals surface area (Å²) >= 11 is 0. The van der Waals surface area contributed by atoms with Gasteiger partial charge in [-0.3, -0.25) is 0 Å². The molecule has 0 aliphatic heterocycles. The molecule has 2 fully saturated rings. The number of rotatable bonds is 6. The normalized spacial score (nSPS) is 19.2. The van der Waals surface area contributed by atoms with Crippen molar-refractivity contribution in [3.05, 3.63) is 11.9 Å². The maximum absolute atomic E-state index is 5.80. The Labute approximate surface area is 107 Å². The van der Waals surface area contributed by atoms with E-state index in [0.717, 1.165) is 17.7 Å². The Bertz CT molecular complexity index is 417. The first kappa shape index (κ1) is 11.7. The van der Waals surface area contributed by atoms with Crippen LogP contribution in [0.5, 0.6) is 0 Å². The van der Waals surface area contributed by atoms with Gasteiger partial charge in [0.1, 0.15) is 18.2 Å². The number of anilines is 2. The molecule has 98 valence electrons. The number of hydrogen-bond acceptors (Lipinski definition) is 5. The van der Waals surface area contributed by atoms with Crippen molar-refractivity contribution in [2.24, 2.45) is 11.8 Å². The molecule has 18 heavy (non-hydrogen) atoms. The van der Waals surface area contributed by atoms with Gasteiger partial charge in [-0.2, -0.15) is 0 Å². The van der Waals surface area contributed by atoms with E-state index in [-0.39, 0.29) is 0 Å². The second-order valence-corrected chi connectivity index (χ2v) is 5.37. The molecule has 0 saturated heterocycles. The highest BCUT2D eigenvalue weighted by atomic mass is 16.5. The van der Waals surface area contributed by atoms with Crippen molar-refractivity contribution in [1.82, 2.24) is 9.97 Å². The number of methoxy groups -OCH3 is 1. The van der Waals surface area contributed by atoms with Crippen LogP contribution in [0, 0.1) is 11.8 Å². The lowest BCUT2D eigenvalue weighted by Gasteiger charge is -2.18. The molecule has 0 atom stereocenters. The lowest BCUT2D eigenvalue weighted by molar-refractivity contribution is 0.178. The van der Waals surface area contributed by atoms with Gasteiger partial charge in [0.05, 0.1) is 0 Å². The first-order valence-corrected chi connectivity index (χ1v) is 6.65. The van der Waals surface area contributed by atoms with Gasteiger partial charge in [-0.05, 0) is 37.5 Å². The molecule has 0 amide bonds. The Balaban J connectivity index is 1.73. The summed E-state index contributed by atoms with van der Waals surface area (Å²) < 4.78 is 5.05. The molecule has 0 radical (unpaired) electrons. The summed E-state index contributed by atoms with van der Waals surface area (Å²) in [6.07, 6.45) is 5.39. The van der Waals surface area contributed by atoms with Crippen LogP contribution in [0.1, 0.15) is 31.5 Å². The standard InChI is InChI=1S/C13H20N4O/c1-18-7-12-15-10(14)6-11(16-12)17-13(8-2-3-8)9-4-5-9/h6,8-9,13H,2-5,7H2,1H3,(H3,14,15,16,17). The van der Waals surface area contributed by atoms with E-state index in [4.69, 9.17) is 10.5 Å². The fraction of sp³-hybridized carbons (Fsp3) is 0.692. The zero-order valence-electron chi connectivity index (χ0n) is 10.7. The summed E-state index contributed by atoms with van der Waals surface area (Å²) in [5.41, 5.74) is 5.80. The zero-order valence-corrected chi connectivity index (χ0v) is 10.7.